The topological polar surface area (TPSA) is 67.3 Å². The van der Waals surface area contributed by atoms with Gasteiger partial charge in [0.2, 0.25) is 0 Å². The molecule has 4 nitrogen and oxygen atoms in total. The van der Waals surface area contributed by atoms with Crippen molar-refractivity contribution in [1.29, 1.82) is 0 Å². The molecule has 80 valence electrons. The van der Waals surface area contributed by atoms with Crippen molar-refractivity contribution in [2.24, 2.45) is 0 Å². The zero-order valence-electron chi connectivity index (χ0n) is 8.04. The maximum Gasteiger partial charge on any atom is 0.152 e. The molecule has 6 heteroatoms. The fraction of sp³-hybridized carbons (Fsp3) is 0.625. The van der Waals surface area contributed by atoms with Gasteiger partial charge in [-0.25, -0.2) is 8.42 Å². The highest BCUT2D eigenvalue weighted by atomic mass is 32.2. The number of rotatable bonds is 4. The summed E-state index contributed by atoms with van der Waals surface area (Å²) in [4.78, 5) is 4.75. The van der Waals surface area contributed by atoms with Gasteiger partial charge in [0.15, 0.2) is 9.84 Å². The van der Waals surface area contributed by atoms with Crippen molar-refractivity contribution in [3.05, 3.63) is 16.6 Å². The molecule has 0 saturated heterocycles. The van der Waals surface area contributed by atoms with Crippen LogP contribution in [0, 0.1) is 0 Å². The zero-order valence-corrected chi connectivity index (χ0v) is 9.68. The van der Waals surface area contributed by atoms with Crippen LogP contribution in [-0.2, 0) is 16.3 Å². The Bertz CT molecular complexity index is 371. The molecule has 0 saturated carbocycles. The van der Waals surface area contributed by atoms with Gasteiger partial charge in [0.05, 0.1) is 16.9 Å². The predicted octanol–water partition coefficient (Wildman–Crippen LogP) is 0.480. The van der Waals surface area contributed by atoms with Crippen molar-refractivity contribution >= 4 is 21.2 Å². The summed E-state index contributed by atoms with van der Waals surface area (Å²) in [6, 6.07) is 0. The molecule has 2 unspecified atom stereocenters. The molecule has 14 heavy (non-hydrogen) atoms. The molecule has 1 heterocycles. The summed E-state index contributed by atoms with van der Waals surface area (Å²) in [5.41, 5.74) is 1.66. The highest BCUT2D eigenvalue weighted by Crippen LogP contribution is 2.13. The van der Waals surface area contributed by atoms with Gasteiger partial charge in [-0.15, -0.1) is 11.3 Å². The molecule has 1 N–H and O–H groups in total. The number of thiazole rings is 1. The Morgan fingerprint density at radius 1 is 1.64 bits per heavy atom. The van der Waals surface area contributed by atoms with Crippen LogP contribution in [0.3, 0.4) is 0 Å². The summed E-state index contributed by atoms with van der Waals surface area (Å²) in [7, 11) is -3.17. The van der Waals surface area contributed by atoms with E-state index in [1.165, 1.54) is 18.3 Å². The van der Waals surface area contributed by atoms with E-state index in [4.69, 9.17) is 0 Å². The summed E-state index contributed by atoms with van der Waals surface area (Å²) in [6.45, 7) is 1.51. The van der Waals surface area contributed by atoms with Crippen LogP contribution in [0.2, 0.25) is 0 Å². The Kier molecular flexibility index (Phi) is 3.63. The molecule has 0 amide bonds. The SMILES string of the molecule is CC(C(O)Cc1cncs1)S(C)(=O)=O. The minimum Gasteiger partial charge on any atom is -0.391 e. The van der Waals surface area contributed by atoms with E-state index in [9.17, 15) is 13.5 Å². The smallest absolute Gasteiger partial charge is 0.152 e. The third kappa shape index (κ3) is 3.04. The fourth-order valence-corrected chi connectivity index (χ4v) is 2.31. The van der Waals surface area contributed by atoms with Crippen LogP contribution in [-0.4, -0.2) is 36.1 Å². The van der Waals surface area contributed by atoms with E-state index >= 15 is 0 Å². The minimum absolute atomic E-state index is 0.346. The number of aliphatic hydroxyl groups excluding tert-OH is 1. The second-order valence-electron chi connectivity index (χ2n) is 3.27. The minimum atomic E-state index is -3.17. The van der Waals surface area contributed by atoms with Crippen molar-refractivity contribution in [1.82, 2.24) is 4.98 Å². The predicted molar refractivity (Wildman–Crippen MR) is 56.1 cm³/mol. The van der Waals surface area contributed by atoms with Crippen molar-refractivity contribution in [2.45, 2.75) is 24.7 Å². The van der Waals surface area contributed by atoms with E-state index in [-0.39, 0.29) is 0 Å². The lowest BCUT2D eigenvalue weighted by Crippen LogP contribution is -2.32. The average Bonchev–Trinajstić information content (AvgIpc) is 2.53. The monoisotopic (exact) mass is 235 g/mol. The van der Waals surface area contributed by atoms with Crippen molar-refractivity contribution in [3.63, 3.8) is 0 Å². The van der Waals surface area contributed by atoms with Crippen LogP contribution in [0.1, 0.15) is 11.8 Å². The number of nitrogens with zero attached hydrogens (tertiary/aromatic N) is 1. The van der Waals surface area contributed by atoms with Gasteiger partial charge in [-0.3, -0.25) is 4.98 Å². The molecular formula is C8H13NO3S2. The van der Waals surface area contributed by atoms with Crippen LogP contribution in [0.25, 0.3) is 0 Å². The van der Waals surface area contributed by atoms with E-state index in [2.05, 4.69) is 4.98 Å². The van der Waals surface area contributed by atoms with Gasteiger partial charge in [0.25, 0.3) is 0 Å². The van der Waals surface area contributed by atoms with E-state index in [1.807, 2.05) is 0 Å². The molecule has 1 aromatic heterocycles. The standard InChI is InChI=1S/C8H13NO3S2/c1-6(14(2,11)12)8(10)3-7-4-9-5-13-7/h4-6,8,10H,3H2,1-2H3. The molecule has 0 bridgehead atoms. The van der Waals surface area contributed by atoms with Gasteiger partial charge >= 0.3 is 0 Å². The van der Waals surface area contributed by atoms with Gasteiger partial charge < -0.3 is 5.11 Å². The summed E-state index contributed by atoms with van der Waals surface area (Å²) in [5.74, 6) is 0. The Hall–Kier alpha value is -0.460. The molecule has 1 rings (SSSR count). The second-order valence-corrected chi connectivity index (χ2v) is 6.65. The Morgan fingerprint density at radius 2 is 2.29 bits per heavy atom. The van der Waals surface area contributed by atoms with Gasteiger partial charge in [-0.1, -0.05) is 0 Å². The molecule has 0 radical (unpaired) electrons. The summed E-state index contributed by atoms with van der Waals surface area (Å²) in [6.07, 6.45) is 2.26. The molecule has 1 aromatic rings. The maximum atomic E-state index is 11.1. The average molecular weight is 235 g/mol. The quantitative estimate of drug-likeness (QED) is 0.824. The summed E-state index contributed by atoms with van der Waals surface area (Å²) in [5, 5.41) is 8.89. The van der Waals surface area contributed by atoms with Crippen molar-refractivity contribution < 1.29 is 13.5 Å². The van der Waals surface area contributed by atoms with E-state index in [1.54, 1.807) is 11.7 Å². The number of sulfone groups is 1. The lowest BCUT2D eigenvalue weighted by molar-refractivity contribution is 0.174. The van der Waals surface area contributed by atoms with Crippen molar-refractivity contribution in [2.75, 3.05) is 6.26 Å². The molecule has 0 aliphatic heterocycles. The normalized spacial score (nSPS) is 16.5. The molecule has 0 aliphatic rings. The number of aliphatic hydroxyl groups is 1. The van der Waals surface area contributed by atoms with Gasteiger partial charge in [0, 0.05) is 23.8 Å². The lowest BCUT2D eigenvalue weighted by Gasteiger charge is -2.15. The Labute approximate surface area is 87.5 Å². The molecular weight excluding hydrogens is 222 g/mol. The van der Waals surface area contributed by atoms with Crippen LogP contribution >= 0.6 is 11.3 Å². The number of hydrogen-bond donors (Lipinski definition) is 1. The summed E-state index contributed by atoms with van der Waals surface area (Å²) < 4.78 is 22.3. The first-order valence-corrected chi connectivity index (χ1v) is 6.99. The van der Waals surface area contributed by atoms with Crippen molar-refractivity contribution in [3.8, 4) is 0 Å². The third-order valence-corrected chi connectivity index (χ3v) is 4.58. The second kappa shape index (κ2) is 4.37. The first-order valence-electron chi connectivity index (χ1n) is 4.15. The number of aromatic nitrogens is 1. The molecule has 2 atom stereocenters. The van der Waals surface area contributed by atoms with Gasteiger partial charge in [0.1, 0.15) is 0 Å². The zero-order chi connectivity index (χ0) is 10.8. The van der Waals surface area contributed by atoms with Crippen LogP contribution < -0.4 is 0 Å². The first kappa shape index (κ1) is 11.6. The highest BCUT2D eigenvalue weighted by molar-refractivity contribution is 7.91. The fourth-order valence-electron chi connectivity index (χ4n) is 1.00. The van der Waals surface area contributed by atoms with E-state index < -0.39 is 21.2 Å². The largest absolute Gasteiger partial charge is 0.391 e. The highest BCUT2D eigenvalue weighted by Gasteiger charge is 2.24. The number of hydrogen-bond acceptors (Lipinski definition) is 5. The lowest BCUT2D eigenvalue weighted by atomic mass is 10.2. The van der Waals surface area contributed by atoms with E-state index in [0.29, 0.717) is 6.42 Å². The van der Waals surface area contributed by atoms with Gasteiger partial charge in [-0.05, 0) is 6.92 Å². The first-order chi connectivity index (χ1) is 6.41. The van der Waals surface area contributed by atoms with Crippen LogP contribution in [0.5, 0.6) is 0 Å². The van der Waals surface area contributed by atoms with Crippen LogP contribution in [0.4, 0.5) is 0 Å². The molecule has 0 fully saturated rings. The maximum absolute atomic E-state index is 11.1. The van der Waals surface area contributed by atoms with E-state index in [0.717, 1.165) is 11.1 Å². The Balaban J connectivity index is 2.63. The Morgan fingerprint density at radius 3 is 2.71 bits per heavy atom. The van der Waals surface area contributed by atoms with Gasteiger partial charge in [-0.2, -0.15) is 0 Å². The summed E-state index contributed by atoms with van der Waals surface area (Å²) >= 11 is 1.41. The van der Waals surface area contributed by atoms with Crippen LogP contribution in [0.15, 0.2) is 11.7 Å². The third-order valence-electron chi connectivity index (χ3n) is 2.11. The molecule has 0 aromatic carbocycles. The molecule has 0 aliphatic carbocycles. The molecule has 0 spiro atoms.